The quantitative estimate of drug-likeness (QED) is 0.754. The molecule has 0 aliphatic rings. The molecule has 24 heavy (non-hydrogen) atoms. The Morgan fingerprint density at radius 2 is 1.92 bits per heavy atom. The van der Waals surface area contributed by atoms with Gasteiger partial charge < -0.3 is 15.2 Å². The maximum absolute atomic E-state index is 12.4. The smallest absolute Gasteiger partial charge is 0.255 e. The number of amides is 1. The molecule has 1 atom stereocenters. The van der Waals surface area contributed by atoms with Crippen LogP contribution in [0.5, 0.6) is 11.5 Å². The summed E-state index contributed by atoms with van der Waals surface area (Å²) in [6, 6.07) is 10.7. The fourth-order valence-electron chi connectivity index (χ4n) is 2.30. The molecule has 0 unspecified atom stereocenters. The van der Waals surface area contributed by atoms with Gasteiger partial charge in [-0.1, -0.05) is 37.6 Å². The molecular weight excluding hydrogens is 326 g/mol. The van der Waals surface area contributed by atoms with E-state index in [4.69, 9.17) is 16.3 Å². The van der Waals surface area contributed by atoms with Crippen LogP contribution in [0.15, 0.2) is 36.4 Å². The van der Waals surface area contributed by atoms with Gasteiger partial charge in [-0.15, -0.1) is 0 Å². The lowest BCUT2D eigenvalue weighted by molar-refractivity contribution is 0.102. The van der Waals surface area contributed by atoms with Crippen LogP contribution in [0.2, 0.25) is 5.02 Å². The molecule has 0 saturated heterocycles. The number of benzene rings is 2. The highest BCUT2D eigenvalue weighted by atomic mass is 35.5. The number of rotatable bonds is 6. The van der Waals surface area contributed by atoms with Crippen LogP contribution >= 0.6 is 11.6 Å². The number of hydrogen-bond donors (Lipinski definition) is 2. The van der Waals surface area contributed by atoms with E-state index in [0.717, 1.165) is 6.42 Å². The van der Waals surface area contributed by atoms with Crippen molar-refractivity contribution in [2.45, 2.75) is 33.1 Å². The number of carbonyl (C=O) groups excluding carboxylic acids is 1. The minimum atomic E-state index is -0.311. The minimum absolute atomic E-state index is 0.0817. The Labute approximate surface area is 147 Å². The van der Waals surface area contributed by atoms with E-state index >= 15 is 0 Å². The number of carbonyl (C=O) groups is 1. The van der Waals surface area contributed by atoms with Crippen molar-refractivity contribution < 1.29 is 14.6 Å². The average molecular weight is 348 g/mol. The van der Waals surface area contributed by atoms with Crippen LogP contribution in [0.25, 0.3) is 0 Å². The Bertz CT molecular complexity index is 713. The van der Waals surface area contributed by atoms with Crippen molar-refractivity contribution in [1.82, 2.24) is 0 Å². The molecule has 4 nitrogen and oxygen atoms in total. The summed E-state index contributed by atoms with van der Waals surface area (Å²) in [5.74, 6) is 0.212. The lowest BCUT2D eigenvalue weighted by atomic mass is 9.98. The first-order valence-electron chi connectivity index (χ1n) is 8.02. The Kier molecular flexibility index (Phi) is 6.10. The Morgan fingerprint density at radius 1 is 1.25 bits per heavy atom. The van der Waals surface area contributed by atoms with E-state index in [2.05, 4.69) is 19.2 Å². The highest BCUT2D eigenvalue weighted by molar-refractivity contribution is 6.32. The molecule has 0 heterocycles. The van der Waals surface area contributed by atoms with Crippen molar-refractivity contribution in [3.63, 3.8) is 0 Å². The van der Waals surface area contributed by atoms with Crippen LogP contribution in [0.4, 0.5) is 5.69 Å². The normalized spacial score (nSPS) is 11.8. The van der Waals surface area contributed by atoms with Crippen LogP contribution in [-0.4, -0.2) is 17.6 Å². The van der Waals surface area contributed by atoms with Gasteiger partial charge in [-0.25, -0.2) is 0 Å². The summed E-state index contributed by atoms with van der Waals surface area (Å²) in [4.78, 5) is 12.4. The standard InChI is InChI=1S/C19H22ClNO3/c1-4-12(3)13-6-8-15(9-7-13)21-19(23)14-10-16(20)18(22)17(11-14)24-5-2/h6-12,22H,4-5H2,1-3H3,(H,21,23)/t12-/m1/s1. The van der Waals surface area contributed by atoms with E-state index in [1.54, 1.807) is 6.92 Å². The largest absolute Gasteiger partial charge is 0.503 e. The third-order valence-electron chi connectivity index (χ3n) is 3.94. The van der Waals surface area contributed by atoms with Crippen molar-refractivity contribution in [3.05, 3.63) is 52.5 Å². The molecule has 0 aromatic heterocycles. The summed E-state index contributed by atoms with van der Waals surface area (Å²) in [5, 5.41) is 12.7. The van der Waals surface area contributed by atoms with Gasteiger partial charge in [0, 0.05) is 11.3 Å². The highest BCUT2D eigenvalue weighted by Gasteiger charge is 2.14. The zero-order valence-corrected chi connectivity index (χ0v) is 14.9. The molecule has 0 bridgehead atoms. The van der Waals surface area contributed by atoms with Gasteiger partial charge in [0.25, 0.3) is 5.91 Å². The van der Waals surface area contributed by atoms with Crippen LogP contribution in [0, 0.1) is 0 Å². The molecular formula is C19H22ClNO3. The third-order valence-corrected chi connectivity index (χ3v) is 4.23. The van der Waals surface area contributed by atoms with Crippen LogP contribution in [0.1, 0.15) is 49.0 Å². The van der Waals surface area contributed by atoms with Crippen molar-refractivity contribution >= 4 is 23.2 Å². The molecule has 0 spiro atoms. The fourth-order valence-corrected chi connectivity index (χ4v) is 2.52. The second-order valence-electron chi connectivity index (χ2n) is 5.62. The number of nitrogens with one attached hydrogen (secondary N) is 1. The highest BCUT2D eigenvalue weighted by Crippen LogP contribution is 2.35. The van der Waals surface area contributed by atoms with Gasteiger partial charge >= 0.3 is 0 Å². The molecule has 5 heteroatoms. The first-order chi connectivity index (χ1) is 11.5. The molecule has 0 saturated carbocycles. The number of halogens is 1. The molecule has 128 valence electrons. The monoisotopic (exact) mass is 347 g/mol. The molecule has 0 aliphatic carbocycles. The first-order valence-corrected chi connectivity index (χ1v) is 8.40. The van der Waals surface area contributed by atoms with E-state index in [0.29, 0.717) is 23.8 Å². The van der Waals surface area contributed by atoms with E-state index in [1.165, 1.54) is 17.7 Å². The van der Waals surface area contributed by atoms with Crippen LogP contribution in [0.3, 0.4) is 0 Å². The predicted octanol–water partition coefficient (Wildman–Crippen LogP) is 5.21. The van der Waals surface area contributed by atoms with Crippen LogP contribution < -0.4 is 10.1 Å². The van der Waals surface area contributed by atoms with E-state index in [1.807, 2.05) is 24.3 Å². The van der Waals surface area contributed by atoms with Gasteiger partial charge in [0.1, 0.15) is 0 Å². The maximum Gasteiger partial charge on any atom is 0.255 e. The predicted molar refractivity (Wildman–Crippen MR) is 97.4 cm³/mol. The number of phenolic OH excluding ortho intramolecular Hbond substituents is 1. The Hall–Kier alpha value is -2.20. The van der Waals surface area contributed by atoms with Gasteiger partial charge in [-0.2, -0.15) is 0 Å². The summed E-state index contributed by atoms with van der Waals surface area (Å²) in [6.07, 6.45) is 1.07. The Morgan fingerprint density at radius 3 is 2.50 bits per heavy atom. The van der Waals surface area contributed by atoms with Crippen molar-refractivity contribution in [2.24, 2.45) is 0 Å². The number of aromatic hydroxyl groups is 1. The van der Waals surface area contributed by atoms with Gasteiger partial charge in [0.15, 0.2) is 11.5 Å². The topological polar surface area (TPSA) is 58.6 Å². The average Bonchev–Trinajstić information content (AvgIpc) is 2.58. The summed E-state index contributed by atoms with van der Waals surface area (Å²) >= 11 is 5.96. The molecule has 2 N–H and O–H groups in total. The summed E-state index contributed by atoms with van der Waals surface area (Å²) in [6.45, 7) is 6.47. The van der Waals surface area contributed by atoms with Crippen molar-refractivity contribution in [2.75, 3.05) is 11.9 Å². The van der Waals surface area contributed by atoms with E-state index in [-0.39, 0.29) is 22.4 Å². The molecule has 0 aliphatic heterocycles. The minimum Gasteiger partial charge on any atom is -0.503 e. The molecule has 0 fully saturated rings. The van der Waals surface area contributed by atoms with Crippen LogP contribution in [-0.2, 0) is 0 Å². The third kappa shape index (κ3) is 4.20. The number of ether oxygens (including phenoxy) is 1. The molecule has 0 radical (unpaired) electrons. The molecule has 2 rings (SSSR count). The number of anilines is 1. The first kappa shape index (κ1) is 18.1. The summed E-state index contributed by atoms with van der Waals surface area (Å²) < 4.78 is 5.30. The lowest BCUT2D eigenvalue weighted by Crippen LogP contribution is -2.12. The van der Waals surface area contributed by atoms with Gasteiger partial charge in [-0.3, -0.25) is 4.79 Å². The Balaban J connectivity index is 2.17. The fraction of sp³-hybridized carbons (Fsp3) is 0.316. The molecule has 1 amide bonds. The second-order valence-corrected chi connectivity index (χ2v) is 6.03. The van der Waals surface area contributed by atoms with E-state index in [9.17, 15) is 9.90 Å². The summed E-state index contributed by atoms with van der Waals surface area (Å²) in [7, 11) is 0. The number of hydrogen-bond acceptors (Lipinski definition) is 3. The SMILES string of the molecule is CCOc1cc(C(=O)Nc2ccc([C@H](C)CC)cc2)cc(Cl)c1O. The number of phenols is 1. The molecule has 2 aromatic rings. The van der Waals surface area contributed by atoms with Crippen molar-refractivity contribution in [1.29, 1.82) is 0 Å². The summed E-state index contributed by atoms with van der Waals surface area (Å²) in [5.41, 5.74) is 2.27. The van der Waals surface area contributed by atoms with Crippen molar-refractivity contribution in [3.8, 4) is 11.5 Å². The van der Waals surface area contributed by atoms with Gasteiger partial charge in [0.05, 0.1) is 11.6 Å². The van der Waals surface area contributed by atoms with Gasteiger partial charge in [0.2, 0.25) is 0 Å². The maximum atomic E-state index is 12.4. The lowest BCUT2D eigenvalue weighted by Gasteiger charge is -2.12. The zero-order valence-electron chi connectivity index (χ0n) is 14.1. The second kappa shape index (κ2) is 8.06. The zero-order chi connectivity index (χ0) is 17.7. The molecule has 2 aromatic carbocycles. The van der Waals surface area contributed by atoms with Gasteiger partial charge in [-0.05, 0) is 49.1 Å². The van der Waals surface area contributed by atoms with E-state index < -0.39 is 0 Å².